The minimum atomic E-state index is -0.719. The van der Waals surface area contributed by atoms with Crippen LogP contribution >= 0.6 is 11.6 Å². The summed E-state index contributed by atoms with van der Waals surface area (Å²) in [6, 6.07) is 3.83. The third-order valence-corrected chi connectivity index (χ3v) is 4.01. The lowest BCUT2D eigenvalue weighted by atomic mass is 10.1. The topological polar surface area (TPSA) is 59.0 Å². The highest BCUT2D eigenvalue weighted by atomic mass is 35.5. The van der Waals surface area contributed by atoms with Crippen molar-refractivity contribution in [2.24, 2.45) is 5.92 Å². The molecule has 1 unspecified atom stereocenters. The van der Waals surface area contributed by atoms with Gasteiger partial charge in [-0.1, -0.05) is 11.6 Å². The van der Waals surface area contributed by atoms with Crippen LogP contribution in [0.15, 0.2) is 12.1 Å². The molecular formula is C14H16ClNO4. The molecule has 0 spiro atoms. The molecule has 1 atom stereocenters. The lowest BCUT2D eigenvalue weighted by molar-refractivity contribution is -0.138. The predicted octanol–water partition coefficient (Wildman–Crippen LogP) is 2.37. The summed E-state index contributed by atoms with van der Waals surface area (Å²) in [4.78, 5) is 13.0. The molecule has 0 amide bonds. The Bertz CT molecular complexity index is 534. The van der Waals surface area contributed by atoms with E-state index in [0.717, 1.165) is 31.6 Å². The second kappa shape index (κ2) is 5.50. The molecule has 1 saturated heterocycles. The fourth-order valence-corrected chi connectivity index (χ4v) is 3.13. The van der Waals surface area contributed by atoms with Gasteiger partial charge in [0.05, 0.1) is 5.02 Å². The van der Waals surface area contributed by atoms with Gasteiger partial charge in [0.1, 0.15) is 0 Å². The zero-order chi connectivity index (χ0) is 14.1. The number of ether oxygens (including phenoxy) is 2. The molecule has 1 fully saturated rings. The normalized spacial score (nSPS) is 21.4. The highest BCUT2D eigenvalue weighted by Crippen LogP contribution is 2.40. The van der Waals surface area contributed by atoms with E-state index in [1.54, 1.807) is 0 Å². The van der Waals surface area contributed by atoms with Gasteiger partial charge in [0.2, 0.25) is 6.79 Å². The van der Waals surface area contributed by atoms with Gasteiger partial charge in [0.15, 0.2) is 11.5 Å². The average molecular weight is 298 g/mol. The molecule has 0 bridgehead atoms. The Hall–Kier alpha value is -1.46. The van der Waals surface area contributed by atoms with Crippen LogP contribution in [0, 0.1) is 5.92 Å². The number of carboxylic acid groups (broad SMARTS) is 1. The number of carboxylic acids is 1. The first kappa shape index (κ1) is 13.5. The van der Waals surface area contributed by atoms with Crippen molar-refractivity contribution in [3.8, 4) is 11.5 Å². The number of hydrogen-bond acceptors (Lipinski definition) is 4. The number of likely N-dealkylation sites (tertiary alicyclic amines) is 1. The van der Waals surface area contributed by atoms with Crippen molar-refractivity contribution in [3.63, 3.8) is 0 Å². The standard InChI is InChI=1S/C14H16ClNO4/c15-11-3-10(4-12-14(11)20-8-19-12)7-16-2-1-9(6-16)5-13(17)18/h3-4,9H,1-2,5-8H2,(H,17,18). The minimum Gasteiger partial charge on any atom is -0.481 e. The fraction of sp³-hybridized carbons (Fsp3) is 0.500. The maximum Gasteiger partial charge on any atom is 0.303 e. The van der Waals surface area contributed by atoms with Gasteiger partial charge in [-0.15, -0.1) is 0 Å². The van der Waals surface area contributed by atoms with Crippen LogP contribution in [0.2, 0.25) is 5.02 Å². The van der Waals surface area contributed by atoms with Crippen molar-refractivity contribution in [3.05, 3.63) is 22.7 Å². The molecule has 0 aliphatic carbocycles. The van der Waals surface area contributed by atoms with Gasteiger partial charge >= 0.3 is 5.97 Å². The Balaban J connectivity index is 1.64. The summed E-state index contributed by atoms with van der Waals surface area (Å²) in [7, 11) is 0. The van der Waals surface area contributed by atoms with Crippen LogP contribution in [0.4, 0.5) is 0 Å². The predicted molar refractivity (Wildman–Crippen MR) is 73.2 cm³/mol. The van der Waals surface area contributed by atoms with E-state index in [4.69, 9.17) is 26.2 Å². The van der Waals surface area contributed by atoms with Crippen LogP contribution in [0.3, 0.4) is 0 Å². The summed E-state index contributed by atoms with van der Waals surface area (Å²) >= 11 is 6.16. The summed E-state index contributed by atoms with van der Waals surface area (Å²) in [5, 5.41) is 9.39. The summed E-state index contributed by atoms with van der Waals surface area (Å²) in [5.41, 5.74) is 1.07. The van der Waals surface area contributed by atoms with Crippen molar-refractivity contribution in [1.29, 1.82) is 0 Å². The first-order valence-corrected chi connectivity index (χ1v) is 7.02. The van der Waals surface area contributed by atoms with Crippen LogP contribution in [0.5, 0.6) is 11.5 Å². The molecule has 3 rings (SSSR count). The van der Waals surface area contributed by atoms with Crippen molar-refractivity contribution in [1.82, 2.24) is 4.90 Å². The van der Waals surface area contributed by atoms with Crippen molar-refractivity contribution in [2.45, 2.75) is 19.4 Å². The zero-order valence-corrected chi connectivity index (χ0v) is 11.7. The second-order valence-electron chi connectivity index (χ2n) is 5.30. The van der Waals surface area contributed by atoms with Gasteiger partial charge in [0, 0.05) is 19.5 Å². The zero-order valence-electron chi connectivity index (χ0n) is 11.0. The third kappa shape index (κ3) is 2.83. The molecule has 108 valence electrons. The lowest BCUT2D eigenvalue weighted by Crippen LogP contribution is -2.20. The van der Waals surface area contributed by atoms with E-state index in [0.29, 0.717) is 16.5 Å². The first-order valence-electron chi connectivity index (χ1n) is 6.64. The van der Waals surface area contributed by atoms with Crippen LogP contribution in [-0.2, 0) is 11.3 Å². The van der Waals surface area contributed by atoms with Gasteiger partial charge in [-0.05, 0) is 36.6 Å². The largest absolute Gasteiger partial charge is 0.481 e. The molecule has 2 heterocycles. The minimum absolute atomic E-state index is 0.211. The monoisotopic (exact) mass is 297 g/mol. The molecule has 6 heteroatoms. The summed E-state index contributed by atoms with van der Waals surface area (Å²) in [6.07, 6.45) is 1.18. The molecule has 2 aliphatic heterocycles. The molecule has 1 aromatic rings. The lowest BCUT2D eigenvalue weighted by Gasteiger charge is -2.16. The molecule has 5 nitrogen and oxygen atoms in total. The Morgan fingerprint density at radius 3 is 3.10 bits per heavy atom. The number of hydrogen-bond donors (Lipinski definition) is 1. The third-order valence-electron chi connectivity index (χ3n) is 3.73. The Kier molecular flexibility index (Phi) is 3.72. The molecule has 2 aliphatic rings. The number of aliphatic carboxylic acids is 1. The summed E-state index contributed by atoms with van der Waals surface area (Å²) < 4.78 is 10.6. The summed E-state index contributed by atoms with van der Waals surface area (Å²) in [5.74, 6) is 0.828. The van der Waals surface area contributed by atoms with Crippen LogP contribution < -0.4 is 9.47 Å². The van der Waals surface area contributed by atoms with E-state index in [1.807, 2.05) is 12.1 Å². The van der Waals surface area contributed by atoms with Crippen LogP contribution in [-0.4, -0.2) is 35.9 Å². The number of nitrogens with zero attached hydrogens (tertiary/aromatic N) is 1. The highest BCUT2D eigenvalue weighted by molar-refractivity contribution is 6.32. The average Bonchev–Trinajstić information content (AvgIpc) is 2.98. The maximum absolute atomic E-state index is 10.7. The Morgan fingerprint density at radius 2 is 2.30 bits per heavy atom. The van der Waals surface area contributed by atoms with Gasteiger partial charge in [-0.25, -0.2) is 0 Å². The number of halogens is 1. The molecule has 1 N–H and O–H groups in total. The first-order chi connectivity index (χ1) is 9.61. The van der Waals surface area contributed by atoms with E-state index in [2.05, 4.69) is 4.90 Å². The number of fused-ring (bicyclic) bond motifs is 1. The second-order valence-corrected chi connectivity index (χ2v) is 5.71. The molecule has 1 aromatic carbocycles. The van der Waals surface area contributed by atoms with Crippen molar-refractivity contribution < 1.29 is 19.4 Å². The van der Waals surface area contributed by atoms with E-state index >= 15 is 0 Å². The van der Waals surface area contributed by atoms with Gasteiger partial charge in [-0.2, -0.15) is 0 Å². The number of carbonyl (C=O) groups is 1. The Labute approximate surface area is 122 Å². The smallest absolute Gasteiger partial charge is 0.303 e. The SMILES string of the molecule is O=C(O)CC1CCN(Cc2cc(Cl)c3c(c2)OCO3)C1. The van der Waals surface area contributed by atoms with Crippen LogP contribution in [0.1, 0.15) is 18.4 Å². The van der Waals surface area contributed by atoms with Gasteiger partial charge in [-0.3, -0.25) is 9.69 Å². The van der Waals surface area contributed by atoms with Crippen LogP contribution in [0.25, 0.3) is 0 Å². The fourth-order valence-electron chi connectivity index (χ4n) is 2.84. The van der Waals surface area contributed by atoms with Crippen molar-refractivity contribution >= 4 is 17.6 Å². The van der Waals surface area contributed by atoms with Crippen molar-refractivity contribution in [2.75, 3.05) is 19.9 Å². The number of rotatable bonds is 4. The molecule has 0 radical (unpaired) electrons. The van der Waals surface area contributed by atoms with E-state index in [9.17, 15) is 4.79 Å². The molecule has 0 aromatic heterocycles. The highest BCUT2D eigenvalue weighted by Gasteiger charge is 2.25. The van der Waals surface area contributed by atoms with Gasteiger partial charge in [0.25, 0.3) is 0 Å². The maximum atomic E-state index is 10.7. The Morgan fingerprint density at radius 1 is 1.45 bits per heavy atom. The molecule has 0 saturated carbocycles. The van der Waals surface area contributed by atoms with E-state index < -0.39 is 5.97 Å². The van der Waals surface area contributed by atoms with E-state index in [-0.39, 0.29) is 19.1 Å². The molecule has 20 heavy (non-hydrogen) atoms. The summed E-state index contributed by atoms with van der Waals surface area (Å²) in [6.45, 7) is 2.71. The molecular weight excluding hydrogens is 282 g/mol. The van der Waals surface area contributed by atoms with Gasteiger partial charge < -0.3 is 14.6 Å². The number of benzene rings is 1. The van der Waals surface area contributed by atoms with E-state index in [1.165, 1.54) is 0 Å². The quantitative estimate of drug-likeness (QED) is 0.924.